The van der Waals surface area contributed by atoms with Crippen molar-refractivity contribution in [2.24, 2.45) is 5.84 Å². The van der Waals surface area contributed by atoms with Gasteiger partial charge >= 0.3 is 5.97 Å². The van der Waals surface area contributed by atoms with E-state index >= 15 is 0 Å². The fourth-order valence-corrected chi connectivity index (χ4v) is 1.33. The molecule has 0 unspecified atom stereocenters. The number of terminal acetylenes is 1. The summed E-state index contributed by atoms with van der Waals surface area (Å²) in [7, 11) is 0. The second kappa shape index (κ2) is 6.27. The fraction of sp³-hybridized carbons (Fsp3) is 0.167. The molecule has 6 heteroatoms. The molecule has 0 fully saturated rings. The quantitative estimate of drug-likeness (QED) is 0.353. The Bertz CT molecular complexity index is 506. The number of nitrogen functional groups attached to an aromatic ring is 1. The molecule has 0 bridgehead atoms. The molecule has 0 atom stereocenters. The molecule has 1 rings (SSSR count). The van der Waals surface area contributed by atoms with Crippen LogP contribution >= 0.6 is 0 Å². The van der Waals surface area contributed by atoms with E-state index in [9.17, 15) is 9.59 Å². The summed E-state index contributed by atoms with van der Waals surface area (Å²) < 4.78 is 0. The van der Waals surface area contributed by atoms with Gasteiger partial charge in [0.05, 0.1) is 11.3 Å². The molecular weight excluding hydrogens is 234 g/mol. The molecule has 0 saturated heterocycles. The van der Waals surface area contributed by atoms with Crippen molar-refractivity contribution in [1.29, 1.82) is 0 Å². The van der Waals surface area contributed by atoms with Crippen LogP contribution in [0.1, 0.15) is 23.2 Å². The number of carboxylic acid groups (broad SMARTS) is 1. The van der Waals surface area contributed by atoms with Gasteiger partial charge in [-0.15, -0.1) is 12.3 Å². The van der Waals surface area contributed by atoms with Crippen molar-refractivity contribution in [2.45, 2.75) is 12.8 Å². The van der Waals surface area contributed by atoms with Crippen LogP contribution in [0.4, 0.5) is 11.4 Å². The fourth-order valence-electron chi connectivity index (χ4n) is 1.33. The Labute approximate surface area is 104 Å². The van der Waals surface area contributed by atoms with Gasteiger partial charge in [0.25, 0.3) is 0 Å². The summed E-state index contributed by atoms with van der Waals surface area (Å²) in [6.45, 7) is 0. The largest absolute Gasteiger partial charge is 0.478 e. The number of rotatable bonds is 5. The van der Waals surface area contributed by atoms with Gasteiger partial charge in [0.2, 0.25) is 5.91 Å². The Morgan fingerprint density at radius 3 is 2.72 bits per heavy atom. The predicted molar refractivity (Wildman–Crippen MR) is 67.9 cm³/mol. The molecule has 6 nitrogen and oxygen atoms in total. The summed E-state index contributed by atoms with van der Waals surface area (Å²) in [6.07, 6.45) is 5.57. The number of carboxylic acids is 1. The van der Waals surface area contributed by atoms with Crippen molar-refractivity contribution in [3.8, 4) is 12.3 Å². The smallest absolute Gasteiger partial charge is 0.337 e. The lowest BCUT2D eigenvalue weighted by atomic mass is 10.1. The molecule has 0 aliphatic carbocycles. The minimum absolute atomic E-state index is 0.0211. The van der Waals surface area contributed by atoms with Gasteiger partial charge in [-0.2, -0.15) is 0 Å². The summed E-state index contributed by atoms with van der Waals surface area (Å²) in [5.41, 5.74) is 2.90. The number of nitrogens with one attached hydrogen (secondary N) is 2. The molecular formula is C12H13N3O3. The van der Waals surface area contributed by atoms with Gasteiger partial charge in [-0.1, -0.05) is 0 Å². The lowest BCUT2D eigenvalue weighted by molar-refractivity contribution is -0.116. The van der Waals surface area contributed by atoms with E-state index in [1.165, 1.54) is 12.1 Å². The Hall–Kier alpha value is -2.52. The SMILES string of the molecule is C#CCCC(=O)Nc1ccc(NN)c(C(=O)O)c1. The van der Waals surface area contributed by atoms with Gasteiger partial charge in [0, 0.05) is 18.5 Å². The number of aromatic carboxylic acids is 1. The van der Waals surface area contributed by atoms with Crippen LogP contribution in [-0.2, 0) is 4.79 Å². The third-order valence-electron chi connectivity index (χ3n) is 2.19. The summed E-state index contributed by atoms with van der Waals surface area (Å²) >= 11 is 0. The monoisotopic (exact) mass is 247 g/mol. The van der Waals surface area contributed by atoms with E-state index in [0.29, 0.717) is 12.1 Å². The predicted octanol–water partition coefficient (Wildman–Crippen LogP) is 1.02. The normalized spacial score (nSPS) is 9.33. The maximum atomic E-state index is 11.4. The first-order valence-corrected chi connectivity index (χ1v) is 5.15. The van der Waals surface area contributed by atoms with Crippen molar-refractivity contribution in [1.82, 2.24) is 0 Å². The molecule has 0 aromatic heterocycles. The molecule has 94 valence electrons. The van der Waals surface area contributed by atoms with E-state index in [2.05, 4.69) is 16.7 Å². The number of benzene rings is 1. The standard InChI is InChI=1S/C12H13N3O3/c1-2-3-4-11(16)14-8-5-6-10(15-13)9(7-8)12(17)18/h1,5-7,15H,3-4,13H2,(H,14,16)(H,17,18). The van der Waals surface area contributed by atoms with E-state index in [1.54, 1.807) is 6.07 Å². The minimum Gasteiger partial charge on any atom is -0.478 e. The Morgan fingerprint density at radius 2 is 2.17 bits per heavy atom. The van der Waals surface area contributed by atoms with Crippen molar-refractivity contribution >= 4 is 23.3 Å². The highest BCUT2D eigenvalue weighted by Gasteiger charge is 2.11. The topological polar surface area (TPSA) is 104 Å². The number of hydrazine groups is 1. The van der Waals surface area contributed by atoms with Crippen molar-refractivity contribution in [2.75, 3.05) is 10.7 Å². The van der Waals surface area contributed by atoms with Crippen LogP contribution in [0.25, 0.3) is 0 Å². The molecule has 18 heavy (non-hydrogen) atoms. The van der Waals surface area contributed by atoms with E-state index in [4.69, 9.17) is 17.4 Å². The highest BCUT2D eigenvalue weighted by molar-refractivity contribution is 5.97. The highest BCUT2D eigenvalue weighted by atomic mass is 16.4. The van der Waals surface area contributed by atoms with Crippen LogP contribution in [-0.4, -0.2) is 17.0 Å². The zero-order valence-corrected chi connectivity index (χ0v) is 9.56. The number of hydrogen-bond acceptors (Lipinski definition) is 4. The second-order valence-electron chi connectivity index (χ2n) is 3.46. The van der Waals surface area contributed by atoms with Crippen LogP contribution in [0.5, 0.6) is 0 Å². The maximum Gasteiger partial charge on any atom is 0.337 e. The first-order chi connectivity index (χ1) is 8.58. The van der Waals surface area contributed by atoms with Gasteiger partial charge in [-0.05, 0) is 18.2 Å². The van der Waals surface area contributed by atoms with Crippen molar-refractivity contribution < 1.29 is 14.7 Å². The molecule has 0 radical (unpaired) electrons. The zero-order valence-electron chi connectivity index (χ0n) is 9.56. The molecule has 1 aromatic rings. The molecule has 0 saturated carbocycles. The number of hydrogen-bond donors (Lipinski definition) is 4. The summed E-state index contributed by atoms with van der Waals surface area (Å²) in [5, 5.41) is 11.5. The van der Waals surface area contributed by atoms with Crippen molar-refractivity contribution in [3.05, 3.63) is 23.8 Å². The maximum absolute atomic E-state index is 11.4. The minimum atomic E-state index is -1.14. The van der Waals surface area contributed by atoms with E-state index in [-0.39, 0.29) is 23.6 Å². The van der Waals surface area contributed by atoms with E-state index in [1.807, 2.05) is 0 Å². The Balaban J connectivity index is 2.86. The first-order valence-electron chi connectivity index (χ1n) is 5.15. The van der Waals surface area contributed by atoms with Crippen molar-refractivity contribution in [3.63, 3.8) is 0 Å². The van der Waals surface area contributed by atoms with Crippen LogP contribution in [0.3, 0.4) is 0 Å². The number of carbonyl (C=O) groups excluding carboxylic acids is 1. The zero-order chi connectivity index (χ0) is 13.5. The van der Waals surface area contributed by atoms with Crippen LogP contribution in [0, 0.1) is 12.3 Å². The molecule has 5 N–H and O–H groups in total. The third-order valence-corrected chi connectivity index (χ3v) is 2.19. The number of carbonyl (C=O) groups is 2. The highest BCUT2D eigenvalue weighted by Crippen LogP contribution is 2.20. The average molecular weight is 247 g/mol. The van der Waals surface area contributed by atoms with E-state index < -0.39 is 5.97 Å². The summed E-state index contributed by atoms with van der Waals surface area (Å²) in [5.74, 6) is 6.13. The summed E-state index contributed by atoms with van der Waals surface area (Å²) in [4.78, 5) is 22.4. The number of amides is 1. The van der Waals surface area contributed by atoms with Gasteiger partial charge < -0.3 is 15.8 Å². The lowest BCUT2D eigenvalue weighted by Crippen LogP contribution is -2.14. The molecule has 0 aliphatic heterocycles. The first kappa shape index (κ1) is 13.5. The number of anilines is 2. The molecule has 0 spiro atoms. The molecule has 0 heterocycles. The van der Waals surface area contributed by atoms with Crippen LogP contribution in [0.2, 0.25) is 0 Å². The molecule has 1 amide bonds. The Morgan fingerprint density at radius 1 is 1.44 bits per heavy atom. The van der Waals surface area contributed by atoms with Gasteiger partial charge in [0.1, 0.15) is 0 Å². The van der Waals surface area contributed by atoms with Gasteiger partial charge in [-0.3, -0.25) is 10.6 Å². The van der Waals surface area contributed by atoms with E-state index in [0.717, 1.165) is 0 Å². The van der Waals surface area contributed by atoms with Crippen LogP contribution < -0.4 is 16.6 Å². The second-order valence-corrected chi connectivity index (χ2v) is 3.46. The van der Waals surface area contributed by atoms with Gasteiger partial charge in [0.15, 0.2) is 0 Å². The molecule has 1 aromatic carbocycles. The number of nitrogens with two attached hydrogens (primary N) is 1. The average Bonchev–Trinajstić information content (AvgIpc) is 2.36. The lowest BCUT2D eigenvalue weighted by Gasteiger charge is -2.09. The Kier molecular flexibility index (Phi) is 4.72. The molecule has 0 aliphatic rings. The van der Waals surface area contributed by atoms with Gasteiger partial charge in [-0.25, -0.2) is 4.79 Å². The third kappa shape index (κ3) is 3.50. The summed E-state index contributed by atoms with van der Waals surface area (Å²) in [6, 6.07) is 4.35. The van der Waals surface area contributed by atoms with Crippen LogP contribution in [0.15, 0.2) is 18.2 Å².